The summed E-state index contributed by atoms with van der Waals surface area (Å²) in [5, 5.41) is 11.5. The molecule has 0 atom stereocenters. The molecule has 0 spiro atoms. The number of ether oxygens (including phenoxy) is 1. The van der Waals surface area contributed by atoms with Gasteiger partial charge < -0.3 is 15.2 Å². The van der Waals surface area contributed by atoms with E-state index in [1.165, 1.54) is 18.3 Å². The van der Waals surface area contributed by atoms with Gasteiger partial charge in [-0.3, -0.25) is 4.98 Å². The summed E-state index contributed by atoms with van der Waals surface area (Å²) in [4.78, 5) is 26.4. The van der Waals surface area contributed by atoms with Gasteiger partial charge >= 0.3 is 12.1 Å². The fourth-order valence-corrected chi connectivity index (χ4v) is 1.91. The minimum Gasteiger partial charge on any atom is -0.478 e. The monoisotopic (exact) mass is 326 g/mol. The standard InChI is InChI=1S/C18H18N2O4/c21-17(22)15-9-11-19-16(12-15)8-4-5-10-20-18(23)24-13-14-6-2-1-3-7-14/h1-4,6-9,11-12H,5,10,13H2,(H,20,23)(H,21,22). The summed E-state index contributed by atoms with van der Waals surface area (Å²) in [5.41, 5.74) is 1.67. The number of aromatic nitrogens is 1. The molecule has 0 radical (unpaired) electrons. The second-order valence-corrected chi connectivity index (χ2v) is 4.95. The molecule has 6 nitrogen and oxygen atoms in total. The highest BCUT2D eigenvalue weighted by molar-refractivity contribution is 5.87. The van der Waals surface area contributed by atoms with E-state index in [1.54, 1.807) is 6.08 Å². The number of benzene rings is 1. The van der Waals surface area contributed by atoms with E-state index in [1.807, 2.05) is 36.4 Å². The van der Waals surface area contributed by atoms with Crippen LogP contribution in [0.3, 0.4) is 0 Å². The van der Waals surface area contributed by atoms with Crippen LogP contribution >= 0.6 is 0 Å². The van der Waals surface area contributed by atoms with Crippen LogP contribution in [0.4, 0.5) is 4.79 Å². The highest BCUT2D eigenvalue weighted by Gasteiger charge is 2.02. The number of carbonyl (C=O) groups excluding carboxylic acids is 1. The molecule has 2 rings (SSSR count). The van der Waals surface area contributed by atoms with Gasteiger partial charge in [0.05, 0.1) is 11.3 Å². The summed E-state index contributed by atoms with van der Waals surface area (Å²) >= 11 is 0. The normalized spacial score (nSPS) is 10.5. The number of carboxylic acid groups (broad SMARTS) is 1. The van der Waals surface area contributed by atoms with Crippen LogP contribution in [-0.4, -0.2) is 28.7 Å². The largest absolute Gasteiger partial charge is 0.478 e. The first-order valence-corrected chi connectivity index (χ1v) is 7.45. The molecule has 0 bridgehead atoms. The summed E-state index contributed by atoms with van der Waals surface area (Å²) < 4.78 is 5.08. The second kappa shape index (κ2) is 9.09. The number of hydrogen-bond donors (Lipinski definition) is 2. The minimum atomic E-state index is -0.991. The van der Waals surface area contributed by atoms with Crippen LogP contribution < -0.4 is 5.32 Å². The lowest BCUT2D eigenvalue weighted by molar-refractivity contribution is 0.0696. The molecule has 24 heavy (non-hydrogen) atoms. The van der Waals surface area contributed by atoms with Gasteiger partial charge in [-0.1, -0.05) is 36.4 Å². The Balaban J connectivity index is 1.68. The van der Waals surface area contributed by atoms with Crippen molar-refractivity contribution in [2.75, 3.05) is 6.54 Å². The van der Waals surface area contributed by atoms with E-state index in [0.29, 0.717) is 18.7 Å². The van der Waals surface area contributed by atoms with E-state index in [-0.39, 0.29) is 12.2 Å². The smallest absolute Gasteiger partial charge is 0.407 e. The van der Waals surface area contributed by atoms with Crippen molar-refractivity contribution in [1.82, 2.24) is 10.3 Å². The number of nitrogens with one attached hydrogen (secondary N) is 1. The number of nitrogens with zero attached hydrogens (tertiary/aromatic N) is 1. The molecule has 1 amide bonds. The lowest BCUT2D eigenvalue weighted by Crippen LogP contribution is -2.24. The summed E-state index contributed by atoms with van der Waals surface area (Å²) in [6.07, 6.45) is 5.08. The van der Waals surface area contributed by atoms with Crippen LogP contribution in [0.1, 0.15) is 28.0 Å². The lowest BCUT2D eigenvalue weighted by atomic mass is 10.2. The fraction of sp³-hybridized carbons (Fsp3) is 0.167. The zero-order chi connectivity index (χ0) is 17.2. The Kier molecular flexibility index (Phi) is 6.52. The molecule has 0 aliphatic heterocycles. The number of rotatable bonds is 7. The average Bonchev–Trinajstić information content (AvgIpc) is 2.61. The van der Waals surface area contributed by atoms with Crippen molar-refractivity contribution in [1.29, 1.82) is 0 Å². The highest BCUT2D eigenvalue weighted by atomic mass is 16.5. The molecule has 2 N–H and O–H groups in total. The predicted molar refractivity (Wildman–Crippen MR) is 89.5 cm³/mol. The zero-order valence-electron chi connectivity index (χ0n) is 13.0. The number of pyridine rings is 1. The van der Waals surface area contributed by atoms with Crippen molar-refractivity contribution in [2.45, 2.75) is 13.0 Å². The molecule has 1 heterocycles. The van der Waals surface area contributed by atoms with Crippen LogP contribution in [0.25, 0.3) is 6.08 Å². The molecule has 6 heteroatoms. The van der Waals surface area contributed by atoms with Crippen LogP contribution in [0, 0.1) is 0 Å². The number of carbonyl (C=O) groups is 2. The molecule has 0 saturated carbocycles. The maximum absolute atomic E-state index is 11.5. The number of alkyl carbamates (subject to hydrolysis) is 1. The van der Waals surface area contributed by atoms with Crippen molar-refractivity contribution in [2.24, 2.45) is 0 Å². The third-order valence-electron chi connectivity index (χ3n) is 3.11. The van der Waals surface area contributed by atoms with Crippen LogP contribution in [0.2, 0.25) is 0 Å². The van der Waals surface area contributed by atoms with Gasteiger partial charge in [-0.15, -0.1) is 0 Å². The summed E-state index contributed by atoms with van der Waals surface area (Å²) in [6, 6.07) is 12.4. The molecule has 0 aliphatic rings. The van der Waals surface area contributed by atoms with Gasteiger partial charge in [-0.25, -0.2) is 9.59 Å². The molecular weight excluding hydrogens is 308 g/mol. The summed E-state index contributed by atoms with van der Waals surface area (Å²) in [7, 11) is 0. The lowest BCUT2D eigenvalue weighted by Gasteiger charge is -2.05. The maximum Gasteiger partial charge on any atom is 0.407 e. The highest BCUT2D eigenvalue weighted by Crippen LogP contribution is 2.04. The van der Waals surface area contributed by atoms with E-state index in [4.69, 9.17) is 9.84 Å². The van der Waals surface area contributed by atoms with E-state index < -0.39 is 12.1 Å². The first-order valence-electron chi connectivity index (χ1n) is 7.45. The van der Waals surface area contributed by atoms with Crippen LogP contribution in [-0.2, 0) is 11.3 Å². The SMILES string of the molecule is O=C(NCCC=Cc1cc(C(=O)O)ccn1)OCc1ccccc1. The maximum atomic E-state index is 11.5. The van der Waals surface area contributed by atoms with Crippen LogP contribution in [0.5, 0.6) is 0 Å². The molecular formula is C18H18N2O4. The third kappa shape index (κ3) is 5.92. The van der Waals surface area contributed by atoms with Gasteiger partial charge in [0.15, 0.2) is 0 Å². The van der Waals surface area contributed by atoms with E-state index in [9.17, 15) is 9.59 Å². The zero-order valence-corrected chi connectivity index (χ0v) is 13.0. The Bertz CT molecular complexity index is 714. The van der Waals surface area contributed by atoms with Gasteiger partial charge in [-0.05, 0) is 30.2 Å². The minimum absolute atomic E-state index is 0.187. The Hall–Kier alpha value is -3.15. The average molecular weight is 326 g/mol. The molecule has 0 saturated heterocycles. The molecule has 1 aromatic heterocycles. The fourth-order valence-electron chi connectivity index (χ4n) is 1.91. The Labute approximate surface area is 139 Å². The number of hydrogen-bond acceptors (Lipinski definition) is 4. The van der Waals surface area contributed by atoms with Crippen molar-refractivity contribution in [3.63, 3.8) is 0 Å². The van der Waals surface area contributed by atoms with Gasteiger partial charge in [0.2, 0.25) is 0 Å². The quantitative estimate of drug-likeness (QED) is 0.763. The molecule has 0 unspecified atom stereocenters. The number of carboxylic acids is 1. The molecule has 0 fully saturated rings. The first-order chi connectivity index (χ1) is 11.6. The van der Waals surface area contributed by atoms with Crippen molar-refractivity contribution in [3.05, 3.63) is 71.6 Å². The Morgan fingerprint density at radius 1 is 1.21 bits per heavy atom. The van der Waals surface area contributed by atoms with Crippen LogP contribution in [0.15, 0.2) is 54.7 Å². The summed E-state index contributed by atoms with van der Waals surface area (Å²) in [6.45, 7) is 0.650. The van der Waals surface area contributed by atoms with Gasteiger partial charge in [0, 0.05) is 12.7 Å². The second-order valence-electron chi connectivity index (χ2n) is 4.95. The van der Waals surface area contributed by atoms with E-state index in [0.717, 1.165) is 5.56 Å². The number of aromatic carboxylic acids is 1. The molecule has 2 aromatic rings. The number of amides is 1. The van der Waals surface area contributed by atoms with Crippen molar-refractivity contribution in [3.8, 4) is 0 Å². The topological polar surface area (TPSA) is 88.5 Å². The third-order valence-corrected chi connectivity index (χ3v) is 3.11. The van der Waals surface area contributed by atoms with Gasteiger partial charge in [0.1, 0.15) is 6.61 Å². The van der Waals surface area contributed by atoms with Crippen molar-refractivity contribution < 1.29 is 19.4 Å². The van der Waals surface area contributed by atoms with E-state index in [2.05, 4.69) is 10.3 Å². The van der Waals surface area contributed by atoms with Crippen molar-refractivity contribution >= 4 is 18.1 Å². The molecule has 0 aliphatic carbocycles. The van der Waals surface area contributed by atoms with Gasteiger partial charge in [0.25, 0.3) is 0 Å². The summed E-state index contributed by atoms with van der Waals surface area (Å²) in [5.74, 6) is -0.991. The van der Waals surface area contributed by atoms with Gasteiger partial charge in [-0.2, -0.15) is 0 Å². The first kappa shape index (κ1) is 17.2. The van der Waals surface area contributed by atoms with E-state index >= 15 is 0 Å². The predicted octanol–water partition coefficient (Wildman–Crippen LogP) is 3.11. The Morgan fingerprint density at radius 3 is 2.75 bits per heavy atom. The molecule has 124 valence electrons. The Morgan fingerprint density at radius 2 is 2.00 bits per heavy atom. The molecule has 1 aromatic carbocycles.